The van der Waals surface area contributed by atoms with Crippen molar-refractivity contribution in [3.05, 3.63) is 22.7 Å². The van der Waals surface area contributed by atoms with Crippen molar-refractivity contribution in [3.8, 4) is 0 Å². The summed E-state index contributed by atoms with van der Waals surface area (Å²) >= 11 is 1.65. The molecule has 0 aliphatic carbocycles. The minimum Gasteiger partial charge on any atom is -0.381 e. The molecule has 22 heavy (non-hydrogen) atoms. The fraction of sp³-hybridized carbons (Fsp3) is 0.733. The molecule has 0 aromatic carbocycles. The first-order chi connectivity index (χ1) is 10.4. The number of anilines is 1. The van der Waals surface area contributed by atoms with Crippen molar-refractivity contribution in [2.45, 2.75) is 44.9 Å². The summed E-state index contributed by atoms with van der Waals surface area (Å²) in [6.45, 7) is 9.70. The first kappa shape index (κ1) is 17.3. The first-order valence-corrected chi connectivity index (χ1v) is 8.54. The second-order valence-electron chi connectivity index (χ2n) is 6.20. The lowest BCUT2D eigenvalue weighted by Crippen LogP contribution is -2.43. The maximum atomic E-state index is 12.3. The predicted octanol–water partition coefficient (Wildman–Crippen LogP) is 2.10. The minimum absolute atomic E-state index is 0.0247. The predicted molar refractivity (Wildman–Crippen MR) is 89.5 cm³/mol. The van der Waals surface area contributed by atoms with Gasteiger partial charge in [-0.3, -0.25) is 4.57 Å². The molecule has 0 spiro atoms. The van der Waals surface area contributed by atoms with Gasteiger partial charge in [-0.2, -0.15) is 4.98 Å². The van der Waals surface area contributed by atoms with Crippen LogP contribution in [0, 0.1) is 0 Å². The lowest BCUT2D eigenvalue weighted by Gasteiger charge is -2.35. The molecule has 2 atom stereocenters. The summed E-state index contributed by atoms with van der Waals surface area (Å²) in [5.74, 6) is 1.43. The number of ether oxygens (including phenoxy) is 2. The summed E-state index contributed by atoms with van der Waals surface area (Å²) in [4.78, 5) is 18.7. The Morgan fingerprint density at radius 1 is 1.55 bits per heavy atom. The summed E-state index contributed by atoms with van der Waals surface area (Å²) in [5.41, 5.74) is -0.379. The van der Waals surface area contributed by atoms with Gasteiger partial charge in [-0.05, 0) is 33.8 Å². The highest BCUT2D eigenvalue weighted by molar-refractivity contribution is 8.00. The van der Waals surface area contributed by atoms with Crippen LogP contribution >= 0.6 is 11.8 Å². The van der Waals surface area contributed by atoms with Crippen molar-refractivity contribution >= 4 is 17.6 Å². The molecule has 1 aromatic rings. The standard InChI is InChI=1S/C15H25N3O3S/c1-6-18(15(2,3)4)11-7-8-17(14(19)16-11)12-10-22-13(21-12)9-20-5/h7-8,12-13H,6,9-10H2,1-5H3/t12-,13?/m0/s1. The van der Waals surface area contributed by atoms with Crippen LogP contribution in [0.5, 0.6) is 0 Å². The summed E-state index contributed by atoms with van der Waals surface area (Å²) < 4.78 is 12.5. The van der Waals surface area contributed by atoms with E-state index in [2.05, 4.69) is 37.6 Å². The second-order valence-corrected chi connectivity index (χ2v) is 7.39. The fourth-order valence-electron chi connectivity index (χ4n) is 2.57. The smallest absolute Gasteiger partial charge is 0.351 e. The van der Waals surface area contributed by atoms with E-state index in [1.165, 1.54) is 0 Å². The van der Waals surface area contributed by atoms with E-state index < -0.39 is 0 Å². The van der Waals surface area contributed by atoms with Gasteiger partial charge in [0.15, 0.2) is 0 Å². The van der Waals surface area contributed by atoms with Crippen molar-refractivity contribution < 1.29 is 9.47 Å². The van der Waals surface area contributed by atoms with Crippen LogP contribution in [0.2, 0.25) is 0 Å². The molecule has 1 saturated heterocycles. The second kappa shape index (κ2) is 7.02. The molecule has 1 fully saturated rings. The molecule has 0 saturated carbocycles. The van der Waals surface area contributed by atoms with Gasteiger partial charge in [0.25, 0.3) is 0 Å². The molecule has 0 radical (unpaired) electrons. The molecule has 1 unspecified atom stereocenters. The van der Waals surface area contributed by atoms with Crippen molar-refractivity contribution in [1.29, 1.82) is 0 Å². The number of methoxy groups -OCH3 is 1. The number of rotatable bonds is 5. The summed E-state index contributed by atoms with van der Waals surface area (Å²) in [5, 5.41) is 0. The third kappa shape index (κ3) is 3.83. The van der Waals surface area contributed by atoms with Crippen LogP contribution in [-0.4, -0.2) is 46.5 Å². The van der Waals surface area contributed by atoms with Crippen LogP contribution in [0.1, 0.15) is 33.9 Å². The first-order valence-electron chi connectivity index (χ1n) is 7.49. The van der Waals surface area contributed by atoms with Gasteiger partial charge in [-0.25, -0.2) is 4.79 Å². The number of nitrogens with zero attached hydrogens (tertiary/aromatic N) is 3. The quantitative estimate of drug-likeness (QED) is 0.825. The molecular weight excluding hydrogens is 302 g/mol. The van der Waals surface area contributed by atoms with E-state index in [1.54, 1.807) is 29.6 Å². The molecule has 124 valence electrons. The molecule has 1 aromatic heterocycles. The number of hydrogen-bond donors (Lipinski definition) is 0. The third-order valence-corrected chi connectivity index (χ3v) is 4.66. The molecule has 1 aliphatic rings. The Morgan fingerprint density at radius 2 is 2.27 bits per heavy atom. The van der Waals surface area contributed by atoms with Gasteiger partial charge >= 0.3 is 5.69 Å². The van der Waals surface area contributed by atoms with E-state index in [9.17, 15) is 4.79 Å². The van der Waals surface area contributed by atoms with Crippen molar-refractivity contribution in [2.24, 2.45) is 0 Å². The average Bonchev–Trinajstić information content (AvgIpc) is 2.87. The lowest BCUT2D eigenvalue weighted by molar-refractivity contribution is -0.0152. The number of aromatic nitrogens is 2. The Kier molecular flexibility index (Phi) is 5.52. The Balaban J connectivity index is 2.19. The Bertz CT molecular complexity index is 556. The van der Waals surface area contributed by atoms with E-state index >= 15 is 0 Å². The monoisotopic (exact) mass is 327 g/mol. The number of hydrogen-bond acceptors (Lipinski definition) is 6. The number of thioether (sulfide) groups is 1. The minimum atomic E-state index is -0.274. The van der Waals surface area contributed by atoms with Gasteiger partial charge in [-0.15, -0.1) is 11.8 Å². The fourth-order valence-corrected chi connectivity index (χ4v) is 3.62. The molecule has 0 bridgehead atoms. The van der Waals surface area contributed by atoms with E-state index in [-0.39, 0.29) is 22.9 Å². The average molecular weight is 327 g/mol. The van der Waals surface area contributed by atoms with E-state index in [0.717, 1.165) is 12.3 Å². The zero-order chi connectivity index (χ0) is 16.3. The topological polar surface area (TPSA) is 56.6 Å². The summed E-state index contributed by atoms with van der Waals surface area (Å²) in [7, 11) is 1.64. The Morgan fingerprint density at radius 3 is 2.82 bits per heavy atom. The molecule has 2 rings (SSSR count). The maximum Gasteiger partial charge on any atom is 0.351 e. The molecule has 1 aliphatic heterocycles. The highest BCUT2D eigenvalue weighted by Crippen LogP contribution is 2.31. The van der Waals surface area contributed by atoms with Gasteiger partial charge in [0, 0.05) is 31.1 Å². The van der Waals surface area contributed by atoms with Crippen molar-refractivity contribution in [1.82, 2.24) is 9.55 Å². The highest BCUT2D eigenvalue weighted by atomic mass is 32.2. The van der Waals surface area contributed by atoms with Crippen LogP contribution < -0.4 is 10.6 Å². The highest BCUT2D eigenvalue weighted by Gasteiger charge is 2.28. The zero-order valence-corrected chi connectivity index (χ0v) is 14.7. The van der Waals surface area contributed by atoms with Gasteiger partial charge in [0.2, 0.25) is 0 Å². The third-order valence-electron chi connectivity index (χ3n) is 3.56. The van der Waals surface area contributed by atoms with E-state index in [4.69, 9.17) is 9.47 Å². The van der Waals surface area contributed by atoms with Crippen LogP contribution in [0.15, 0.2) is 17.1 Å². The van der Waals surface area contributed by atoms with Crippen LogP contribution in [0.25, 0.3) is 0 Å². The van der Waals surface area contributed by atoms with Crippen molar-refractivity contribution in [2.75, 3.05) is 30.9 Å². The molecule has 2 heterocycles. The van der Waals surface area contributed by atoms with Crippen LogP contribution in [0.3, 0.4) is 0 Å². The van der Waals surface area contributed by atoms with Gasteiger partial charge in [0.1, 0.15) is 17.5 Å². The SMILES string of the molecule is CCN(c1ccn([C@@H]2CSC(COC)O2)c(=O)n1)C(C)(C)C. The molecular formula is C15H25N3O3S. The summed E-state index contributed by atoms with van der Waals surface area (Å²) in [6.07, 6.45) is 1.50. The maximum absolute atomic E-state index is 12.3. The summed E-state index contributed by atoms with van der Waals surface area (Å²) in [6, 6.07) is 1.88. The van der Waals surface area contributed by atoms with Crippen LogP contribution in [-0.2, 0) is 9.47 Å². The normalized spacial score (nSPS) is 22.0. The van der Waals surface area contributed by atoms with Crippen LogP contribution in [0.4, 0.5) is 5.82 Å². The lowest BCUT2D eigenvalue weighted by atomic mass is 10.1. The molecule has 0 amide bonds. The molecule has 0 N–H and O–H groups in total. The largest absolute Gasteiger partial charge is 0.381 e. The molecule has 6 nitrogen and oxygen atoms in total. The van der Waals surface area contributed by atoms with Gasteiger partial charge in [-0.1, -0.05) is 0 Å². The Hall–Kier alpha value is -1.05. The molecule has 7 heteroatoms. The van der Waals surface area contributed by atoms with Crippen molar-refractivity contribution in [3.63, 3.8) is 0 Å². The van der Waals surface area contributed by atoms with Gasteiger partial charge < -0.3 is 14.4 Å². The van der Waals surface area contributed by atoms with E-state index in [0.29, 0.717) is 12.4 Å². The Labute approximate surface area is 135 Å². The van der Waals surface area contributed by atoms with Gasteiger partial charge in [0.05, 0.1) is 6.61 Å². The van der Waals surface area contributed by atoms with E-state index in [1.807, 2.05) is 6.07 Å². The zero-order valence-electron chi connectivity index (χ0n) is 13.9.